The van der Waals surface area contributed by atoms with Gasteiger partial charge in [-0.15, -0.1) is 11.3 Å². The number of benzene rings is 1. The molecule has 68 valence electrons. The van der Waals surface area contributed by atoms with Crippen molar-refractivity contribution in [2.75, 3.05) is 0 Å². The van der Waals surface area contributed by atoms with Crippen LogP contribution in [0, 0.1) is 3.57 Å². The number of thiophene rings is 1. The average Bonchev–Trinajstić information content (AvgIpc) is 2.60. The summed E-state index contributed by atoms with van der Waals surface area (Å²) in [4.78, 5) is 0. The molecule has 0 saturated carbocycles. The average molecular weight is 369 g/mol. The molecule has 0 fully saturated rings. The molecule has 13 heavy (non-hydrogen) atoms. The summed E-state index contributed by atoms with van der Waals surface area (Å²) in [5.74, 6) is 0. The Morgan fingerprint density at radius 1 is 1.54 bits per heavy atom. The Bertz CT molecular complexity index is 452. The Labute approximate surface area is 102 Å². The van der Waals surface area contributed by atoms with Gasteiger partial charge in [0.2, 0.25) is 0 Å². The van der Waals surface area contributed by atoms with Crippen LogP contribution < -0.4 is 0 Å². The predicted molar refractivity (Wildman–Crippen MR) is 68.2 cm³/mol. The van der Waals surface area contributed by atoms with Gasteiger partial charge >= 0.3 is 0 Å². The normalized spacial score (nSPS) is 11.0. The number of hydrogen-bond donors (Lipinski definition) is 1. The zero-order valence-corrected chi connectivity index (χ0v) is 11.1. The van der Waals surface area contributed by atoms with Crippen molar-refractivity contribution in [1.29, 1.82) is 0 Å². The van der Waals surface area contributed by atoms with E-state index in [0.29, 0.717) is 0 Å². The molecule has 0 amide bonds. The number of hydrogen-bond acceptors (Lipinski definition) is 2. The minimum Gasteiger partial charge on any atom is -0.392 e. The number of fused-ring (bicyclic) bond motifs is 1. The third kappa shape index (κ3) is 1.65. The van der Waals surface area contributed by atoms with Crippen molar-refractivity contribution in [1.82, 2.24) is 0 Å². The van der Waals surface area contributed by atoms with Crippen LogP contribution in [0.2, 0.25) is 0 Å². The van der Waals surface area contributed by atoms with E-state index in [9.17, 15) is 0 Å². The number of rotatable bonds is 1. The molecular weight excluding hydrogens is 363 g/mol. The first-order chi connectivity index (χ1) is 6.24. The van der Waals surface area contributed by atoms with Gasteiger partial charge in [0.25, 0.3) is 0 Å². The Morgan fingerprint density at radius 2 is 2.31 bits per heavy atom. The van der Waals surface area contributed by atoms with E-state index in [1.807, 2.05) is 6.07 Å². The summed E-state index contributed by atoms with van der Waals surface area (Å²) in [7, 11) is 0. The molecule has 0 radical (unpaired) electrons. The highest BCUT2D eigenvalue weighted by molar-refractivity contribution is 14.1. The first kappa shape index (κ1) is 9.89. The van der Waals surface area contributed by atoms with Crippen LogP contribution in [0.15, 0.2) is 22.0 Å². The first-order valence-corrected chi connectivity index (χ1v) is 6.44. The lowest BCUT2D eigenvalue weighted by molar-refractivity contribution is 0.283. The Kier molecular flexibility index (Phi) is 2.92. The first-order valence-electron chi connectivity index (χ1n) is 3.69. The largest absolute Gasteiger partial charge is 0.392 e. The summed E-state index contributed by atoms with van der Waals surface area (Å²) < 4.78 is 3.53. The quantitative estimate of drug-likeness (QED) is 0.760. The number of aliphatic hydroxyl groups excluding tert-OH is 1. The van der Waals surface area contributed by atoms with E-state index in [1.165, 1.54) is 13.7 Å². The Morgan fingerprint density at radius 3 is 3.00 bits per heavy atom. The van der Waals surface area contributed by atoms with E-state index in [2.05, 4.69) is 50.0 Å². The minimum atomic E-state index is 0.1000. The van der Waals surface area contributed by atoms with Gasteiger partial charge in [-0.3, -0.25) is 0 Å². The lowest BCUT2D eigenvalue weighted by Gasteiger charge is -2.03. The van der Waals surface area contributed by atoms with E-state index in [0.717, 1.165) is 10.0 Å². The Hall–Kier alpha value is 0.350. The molecule has 0 bridgehead atoms. The van der Waals surface area contributed by atoms with Crippen LogP contribution in [0.1, 0.15) is 5.56 Å². The second-order valence-corrected chi connectivity index (χ2v) is 5.50. The third-order valence-corrected chi connectivity index (χ3v) is 5.68. The van der Waals surface area contributed by atoms with Crippen LogP contribution in [0.25, 0.3) is 10.1 Å². The molecule has 2 rings (SSSR count). The highest BCUT2D eigenvalue weighted by atomic mass is 127. The molecule has 0 atom stereocenters. The fourth-order valence-electron chi connectivity index (χ4n) is 1.27. The molecule has 1 heterocycles. The van der Waals surface area contributed by atoms with E-state index >= 15 is 0 Å². The fraction of sp³-hybridized carbons (Fsp3) is 0.111. The van der Waals surface area contributed by atoms with Gasteiger partial charge in [-0.25, -0.2) is 0 Å². The second kappa shape index (κ2) is 3.84. The zero-order chi connectivity index (χ0) is 9.42. The van der Waals surface area contributed by atoms with Gasteiger partial charge < -0.3 is 5.11 Å². The van der Waals surface area contributed by atoms with Crippen LogP contribution >= 0.6 is 49.9 Å². The summed E-state index contributed by atoms with van der Waals surface area (Å²) in [5, 5.41) is 12.4. The molecule has 0 saturated heterocycles. The van der Waals surface area contributed by atoms with Crippen molar-refractivity contribution >= 4 is 59.9 Å². The van der Waals surface area contributed by atoms with Crippen LogP contribution in [0.4, 0.5) is 0 Å². The predicted octanol–water partition coefficient (Wildman–Crippen LogP) is 3.76. The summed E-state index contributed by atoms with van der Waals surface area (Å²) in [6.07, 6.45) is 0. The molecule has 0 aliphatic carbocycles. The van der Waals surface area contributed by atoms with Crippen LogP contribution in [-0.4, -0.2) is 5.11 Å². The van der Waals surface area contributed by atoms with Gasteiger partial charge in [0.05, 0.1) is 6.61 Å². The minimum absolute atomic E-state index is 0.1000. The molecule has 1 aromatic carbocycles. The maximum atomic E-state index is 9.15. The smallest absolute Gasteiger partial charge is 0.0688 e. The maximum Gasteiger partial charge on any atom is 0.0688 e. The van der Waals surface area contributed by atoms with Gasteiger partial charge in [-0.2, -0.15) is 0 Å². The van der Waals surface area contributed by atoms with E-state index < -0.39 is 0 Å². The zero-order valence-electron chi connectivity index (χ0n) is 6.55. The summed E-state index contributed by atoms with van der Waals surface area (Å²) in [6.45, 7) is 0.1000. The lowest BCUT2D eigenvalue weighted by atomic mass is 10.1. The highest BCUT2D eigenvalue weighted by Gasteiger charge is 2.08. The summed E-state index contributed by atoms with van der Waals surface area (Å²) >= 11 is 7.50. The van der Waals surface area contributed by atoms with E-state index in [1.54, 1.807) is 11.3 Å². The van der Waals surface area contributed by atoms with E-state index in [-0.39, 0.29) is 6.61 Å². The SMILES string of the molecule is OCc1cc(Br)c(I)c2sccc12. The van der Waals surface area contributed by atoms with Crippen molar-refractivity contribution in [3.63, 3.8) is 0 Å². The molecule has 4 heteroatoms. The molecule has 0 unspecified atom stereocenters. The van der Waals surface area contributed by atoms with Gasteiger partial charge in [0.1, 0.15) is 0 Å². The van der Waals surface area contributed by atoms with Crippen LogP contribution in [-0.2, 0) is 6.61 Å². The Balaban J connectivity index is 2.87. The second-order valence-electron chi connectivity index (χ2n) is 2.65. The number of aliphatic hydroxyl groups is 1. The maximum absolute atomic E-state index is 9.15. The van der Waals surface area contributed by atoms with Crippen molar-refractivity contribution in [3.05, 3.63) is 31.1 Å². The summed E-state index contributed by atoms with van der Waals surface area (Å²) in [5.41, 5.74) is 0.989. The highest BCUT2D eigenvalue weighted by Crippen LogP contribution is 2.34. The molecular formula is C9H6BrIOS. The molecule has 1 nitrogen and oxygen atoms in total. The molecule has 0 aliphatic heterocycles. The topological polar surface area (TPSA) is 20.2 Å². The molecule has 2 aromatic rings. The molecule has 1 aromatic heterocycles. The van der Waals surface area contributed by atoms with Crippen molar-refractivity contribution in [2.24, 2.45) is 0 Å². The lowest BCUT2D eigenvalue weighted by Crippen LogP contribution is -1.86. The van der Waals surface area contributed by atoms with Gasteiger partial charge in [0.15, 0.2) is 0 Å². The van der Waals surface area contributed by atoms with Crippen LogP contribution in [0.3, 0.4) is 0 Å². The van der Waals surface area contributed by atoms with E-state index in [4.69, 9.17) is 5.11 Å². The number of halogens is 2. The van der Waals surface area contributed by atoms with Crippen molar-refractivity contribution in [2.45, 2.75) is 6.61 Å². The molecule has 1 N–H and O–H groups in total. The van der Waals surface area contributed by atoms with Crippen LogP contribution in [0.5, 0.6) is 0 Å². The van der Waals surface area contributed by atoms with Crippen molar-refractivity contribution in [3.8, 4) is 0 Å². The molecule has 0 aliphatic rings. The van der Waals surface area contributed by atoms with Gasteiger partial charge in [-0.1, -0.05) is 0 Å². The third-order valence-electron chi connectivity index (χ3n) is 1.89. The van der Waals surface area contributed by atoms with Gasteiger partial charge in [0, 0.05) is 12.7 Å². The standard InChI is InChI=1S/C9H6BrIOS/c10-7-3-5(4-12)6-1-2-13-9(6)8(7)11/h1-3,12H,4H2. The molecule has 0 spiro atoms. The van der Waals surface area contributed by atoms with Gasteiger partial charge in [-0.05, 0) is 67.0 Å². The summed E-state index contributed by atoms with van der Waals surface area (Å²) in [6, 6.07) is 4.04. The fourth-order valence-corrected chi connectivity index (χ4v) is 3.58. The van der Waals surface area contributed by atoms with Crippen molar-refractivity contribution < 1.29 is 5.11 Å². The monoisotopic (exact) mass is 368 g/mol.